The van der Waals surface area contributed by atoms with Crippen molar-refractivity contribution in [1.29, 1.82) is 0 Å². The molecule has 5 rings (SSSR count). The first kappa shape index (κ1) is 30.1. The maximum atomic E-state index is 13.3. The average molecular weight is 592 g/mol. The number of imide groups is 1. The number of carbonyl (C=O) groups is 3. The molecule has 2 N–H and O–H groups in total. The number of amides is 3. The molecule has 0 aliphatic carbocycles. The predicted molar refractivity (Wildman–Crippen MR) is 164 cm³/mol. The van der Waals surface area contributed by atoms with Crippen LogP contribution in [0.2, 0.25) is 0 Å². The van der Waals surface area contributed by atoms with Crippen LogP contribution < -0.4 is 15.5 Å². The van der Waals surface area contributed by atoms with Gasteiger partial charge in [0.1, 0.15) is 17.0 Å². The minimum absolute atomic E-state index is 0.0175. The first-order valence-corrected chi connectivity index (χ1v) is 14.6. The number of hydrogen-bond acceptors (Lipinski definition) is 9. The van der Waals surface area contributed by atoms with Gasteiger partial charge >= 0.3 is 12.2 Å². The molecule has 0 radical (unpaired) electrons. The summed E-state index contributed by atoms with van der Waals surface area (Å²) in [4.78, 5) is 46.4. The molecular weight excluding hydrogens is 550 g/mol. The standard InChI is InChI=1S/C31H41N7O5/c1-29(2,3)42-27(40)36-16-10-11-20(18-36)32-23-12-9-13-24-34-26(35-38(23)24)33-19-14-15-21-22(17-19)37(25(39)31(21,7)8)28(41)43-30(4,5)6/h9,12-15,17,20,32H,10-11,16,18H2,1-8H3,(H,33,35). The van der Waals surface area contributed by atoms with Gasteiger partial charge in [-0.15, -0.1) is 5.10 Å². The smallest absolute Gasteiger partial charge is 0.421 e. The SMILES string of the molecule is CC(C)(C)OC(=O)N1CCCC(Nc2cccc3nc(Nc4ccc5c(c4)N(C(=O)OC(C)(C)C)C(=O)C5(C)C)nn23)C1. The van der Waals surface area contributed by atoms with Gasteiger partial charge in [0.25, 0.3) is 0 Å². The van der Waals surface area contributed by atoms with Crippen molar-refractivity contribution in [2.75, 3.05) is 28.6 Å². The molecule has 1 unspecified atom stereocenters. The van der Waals surface area contributed by atoms with E-state index in [0.29, 0.717) is 36.1 Å². The summed E-state index contributed by atoms with van der Waals surface area (Å²) in [6, 6.07) is 11.1. The van der Waals surface area contributed by atoms with E-state index in [1.54, 1.807) is 50.1 Å². The van der Waals surface area contributed by atoms with Crippen molar-refractivity contribution in [3.63, 3.8) is 0 Å². The van der Waals surface area contributed by atoms with E-state index in [0.717, 1.165) is 29.1 Å². The van der Waals surface area contributed by atoms with Crippen LogP contribution in [-0.4, -0.2) is 67.9 Å². The Morgan fingerprint density at radius 1 is 1.00 bits per heavy atom. The van der Waals surface area contributed by atoms with Crippen molar-refractivity contribution >= 4 is 46.9 Å². The largest absolute Gasteiger partial charge is 0.444 e. The predicted octanol–water partition coefficient (Wildman–Crippen LogP) is 5.84. The van der Waals surface area contributed by atoms with Crippen molar-refractivity contribution in [2.45, 2.75) is 90.9 Å². The quantitative estimate of drug-likeness (QED) is 0.384. The monoisotopic (exact) mass is 591 g/mol. The highest BCUT2D eigenvalue weighted by molar-refractivity contribution is 6.21. The zero-order valence-corrected chi connectivity index (χ0v) is 26.1. The topological polar surface area (TPSA) is 130 Å². The highest BCUT2D eigenvalue weighted by Gasteiger charge is 2.48. The van der Waals surface area contributed by atoms with Crippen LogP contribution >= 0.6 is 0 Å². The van der Waals surface area contributed by atoms with E-state index >= 15 is 0 Å². The molecule has 2 aliphatic heterocycles. The summed E-state index contributed by atoms with van der Waals surface area (Å²) < 4.78 is 12.8. The fourth-order valence-electron chi connectivity index (χ4n) is 5.31. The molecular formula is C31H41N7O5. The molecule has 3 aromatic rings. The maximum absolute atomic E-state index is 13.3. The molecule has 1 atom stereocenters. The number of ether oxygens (including phenoxy) is 2. The number of aromatic nitrogens is 3. The third kappa shape index (κ3) is 6.37. The summed E-state index contributed by atoms with van der Waals surface area (Å²) in [7, 11) is 0. The lowest BCUT2D eigenvalue weighted by Crippen LogP contribution is -2.47. The Balaban J connectivity index is 1.35. The summed E-state index contributed by atoms with van der Waals surface area (Å²) >= 11 is 0. The average Bonchev–Trinajstić information content (AvgIpc) is 3.38. The van der Waals surface area contributed by atoms with Gasteiger partial charge in [0.15, 0.2) is 5.65 Å². The Hall–Kier alpha value is -4.35. The second kappa shape index (κ2) is 10.7. The van der Waals surface area contributed by atoms with Crippen LogP contribution in [0.1, 0.15) is 73.8 Å². The Morgan fingerprint density at radius 3 is 2.40 bits per heavy atom. The number of rotatable bonds is 4. The summed E-state index contributed by atoms with van der Waals surface area (Å²) in [5.74, 6) is 0.746. The summed E-state index contributed by atoms with van der Waals surface area (Å²) in [6.45, 7) is 15.6. The minimum atomic E-state index is -0.884. The third-order valence-corrected chi connectivity index (χ3v) is 7.27. The van der Waals surface area contributed by atoms with E-state index in [1.165, 1.54) is 0 Å². The van der Waals surface area contributed by atoms with Crippen LogP contribution in [0.25, 0.3) is 5.65 Å². The van der Waals surface area contributed by atoms with E-state index in [2.05, 4.69) is 20.7 Å². The van der Waals surface area contributed by atoms with Gasteiger partial charge in [0.2, 0.25) is 11.9 Å². The van der Waals surface area contributed by atoms with Crippen molar-refractivity contribution in [3.05, 3.63) is 42.0 Å². The number of benzene rings is 1. The Morgan fingerprint density at radius 2 is 1.70 bits per heavy atom. The van der Waals surface area contributed by atoms with Crippen LogP contribution in [0.5, 0.6) is 0 Å². The third-order valence-electron chi connectivity index (χ3n) is 7.27. The number of nitrogens with one attached hydrogen (secondary N) is 2. The maximum Gasteiger partial charge on any atom is 0.421 e. The number of piperidine rings is 1. The molecule has 230 valence electrons. The van der Waals surface area contributed by atoms with Crippen LogP contribution in [-0.2, 0) is 19.7 Å². The first-order valence-electron chi connectivity index (χ1n) is 14.6. The van der Waals surface area contributed by atoms with Gasteiger partial charge in [-0.05, 0) is 98.1 Å². The molecule has 0 spiro atoms. The fraction of sp³-hybridized carbons (Fsp3) is 0.516. The lowest BCUT2D eigenvalue weighted by Gasteiger charge is -2.34. The Labute approximate surface area is 251 Å². The van der Waals surface area contributed by atoms with Crippen molar-refractivity contribution in [2.24, 2.45) is 0 Å². The number of pyridine rings is 1. The van der Waals surface area contributed by atoms with E-state index in [1.807, 2.05) is 51.1 Å². The first-order chi connectivity index (χ1) is 20.0. The van der Waals surface area contributed by atoms with Crippen LogP contribution in [0.3, 0.4) is 0 Å². The molecule has 0 saturated carbocycles. The molecule has 1 saturated heterocycles. The number of carbonyl (C=O) groups excluding carboxylic acids is 3. The van der Waals surface area contributed by atoms with E-state index in [9.17, 15) is 14.4 Å². The van der Waals surface area contributed by atoms with Gasteiger partial charge in [0, 0.05) is 24.8 Å². The zero-order valence-electron chi connectivity index (χ0n) is 26.1. The zero-order chi connectivity index (χ0) is 31.3. The van der Waals surface area contributed by atoms with E-state index in [-0.39, 0.29) is 18.0 Å². The highest BCUT2D eigenvalue weighted by atomic mass is 16.6. The fourth-order valence-corrected chi connectivity index (χ4v) is 5.31. The molecule has 43 heavy (non-hydrogen) atoms. The van der Waals surface area contributed by atoms with Crippen molar-refractivity contribution < 1.29 is 23.9 Å². The van der Waals surface area contributed by atoms with Crippen molar-refractivity contribution in [3.8, 4) is 0 Å². The highest BCUT2D eigenvalue weighted by Crippen LogP contribution is 2.43. The number of hydrogen-bond donors (Lipinski definition) is 2. The molecule has 12 nitrogen and oxygen atoms in total. The van der Waals surface area contributed by atoms with Crippen LogP contribution in [0.15, 0.2) is 36.4 Å². The van der Waals surface area contributed by atoms with Gasteiger partial charge in [-0.25, -0.2) is 14.5 Å². The lowest BCUT2D eigenvalue weighted by atomic mass is 9.86. The number of fused-ring (bicyclic) bond motifs is 2. The molecule has 12 heteroatoms. The van der Waals surface area contributed by atoms with Gasteiger partial charge in [-0.3, -0.25) is 4.79 Å². The van der Waals surface area contributed by atoms with E-state index < -0.39 is 22.7 Å². The van der Waals surface area contributed by atoms with E-state index in [4.69, 9.17) is 9.47 Å². The molecule has 1 fully saturated rings. The summed E-state index contributed by atoms with van der Waals surface area (Å²) in [5, 5.41) is 11.4. The van der Waals surface area contributed by atoms with Gasteiger partial charge in [-0.1, -0.05) is 12.1 Å². The molecule has 2 aromatic heterocycles. The number of anilines is 4. The van der Waals surface area contributed by atoms with Gasteiger partial charge in [-0.2, -0.15) is 9.50 Å². The Bertz CT molecular complexity index is 1570. The van der Waals surface area contributed by atoms with Gasteiger partial charge in [0.05, 0.1) is 11.1 Å². The van der Waals surface area contributed by atoms with Crippen molar-refractivity contribution in [1.82, 2.24) is 19.5 Å². The van der Waals surface area contributed by atoms with Gasteiger partial charge < -0.3 is 25.0 Å². The number of nitrogens with zero attached hydrogens (tertiary/aromatic N) is 5. The molecule has 4 heterocycles. The lowest BCUT2D eigenvalue weighted by molar-refractivity contribution is -0.121. The molecule has 1 aromatic carbocycles. The summed E-state index contributed by atoms with van der Waals surface area (Å²) in [5.41, 5.74) is 0.251. The summed E-state index contributed by atoms with van der Waals surface area (Å²) in [6.07, 6.45) is 0.730. The molecule has 2 aliphatic rings. The minimum Gasteiger partial charge on any atom is -0.444 e. The van der Waals surface area contributed by atoms with Crippen LogP contribution in [0.4, 0.5) is 32.7 Å². The number of likely N-dealkylation sites (tertiary alicyclic amines) is 1. The second-order valence-corrected chi connectivity index (χ2v) is 13.6. The van der Waals surface area contributed by atoms with Crippen LogP contribution in [0, 0.1) is 0 Å². The normalized spacial score (nSPS) is 18.4. The second-order valence-electron chi connectivity index (χ2n) is 13.6. The molecule has 3 amide bonds. The molecule has 0 bridgehead atoms. The Kier molecular flexibility index (Phi) is 7.52.